The zero-order chi connectivity index (χ0) is 19.4. The Hall–Kier alpha value is -2.44. The fourth-order valence-electron chi connectivity index (χ4n) is 3.02. The molecule has 1 aliphatic heterocycles. The van der Waals surface area contributed by atoms with Crippen molar-refractivity contribution < 1.29 is 14.4 Å². The van der Waals surface area contributed by atoms with E-state index in [0.717, 1.165) is 4.88 Å². The van der Waals surface area contributed by atoms with Gasteiger partial charge in [-0.1, -0.05) is 29.8 Å². The summed E-state index contributed by atoms with van der Waals surface area (Å²) >= 11 is 7.38. The van der Waals surface area contributed by atoms with Gasteiger partial charge in [-0.15, -0.1) is 17.9 Å². The number of hydrogen-bond donors (Lipinski definition) is 0. The molecule has 1 aromatic heterocycles. The predicted molar refractivity (Wildman–Crippen MR) is 106 cm³/mol. The predicted octanol–water partition coefficient (Wildman–Crippen LogP) is 3.99. The molecule has 0 bridgehead atoms. The number of thiophene rings is 1. The van der Waals surface area contributed by atoms with Crippen molar-refractivity contribution in [3.05, 3.63) is 69.4 Å². The van der Waals surface area contributed by atoms with Gasteiger partial charge in [0.25, 0.3) is 11.8 Å². The van der Waals surface area contributed by atoms with E-state index < -0.39 is 0 Å². The lowest BCUT2D eigenvalue weighted by atomic mass is 10.1. The first-order valence-electron chi connectivity index (χ1n) is 8.59. The summed E-state index contributed by atoms with van der Waals surface area (Å²) in [4.78, 5) is 41.2. The Labute approximate surface area is 166 Å². The summed E-state index contributed by atoms with van der Waals surface area (Å²) in [7, 11) is 0. The standard InChI is InChI=1S/C20H19ClN2O3S/c1-2-11-22(13-14-9-10-17(21)27-14)18(24)8-5-12-23-19(25)15-6-3-4-7-16(15)20(23)26/h2-4,6-7,9-10H,1,5,8,11-13H2. The molecule has 2 aromatic rings. The minimum atomic E-state index is -0.292. The van der Waals surface area contributed by atoms with E-state index in [1.54, 1.807) is 41.3 Å². The maximum Gasteiger partial charge on any atom is 0.261 e. The lowest BCUT2D eigenvalue weighted by molar-refractivity contribution is -0.131. The number of hydrogen-bond acceptors (Lipinski definition) is 4. The molecule has 0 radical (unpaired) electrons. The highest BCUT2D eigenvalue weighted by Gasteiger charge is 2.34. The maximum absolute atomic E-state index is 12.6. The van der Waals surface area contributed by atoms with Crippen LogP contribution in [0.25, 0.3) is 0 Å². The molecule has 3 rings (SSSR count). The second kappa shape index (κ2) is 8.50. The molecule has 5 nitrogen and oxygen atoms in total. The maximum atomic E-state index is 12.6. The van der Waals surface area contributed by atoms with Crippen molar-refractivity contribution in [1.82, 2.24) is 9.80 Å². The van der Waals surface area contributed by atoms with Gasteiger partial charge >= 0.3 is 0 Å². The summed E-state index contributed by atoms with van der Waals surface area (Å²) in [5.74, 6) is -0.630. The first kappa shape index (κ1) is 19.3. The number of fused-ring (bicyclic) bond motifs is 1. The van der Waals surface area contributed by atoms with Crippen LogP contribution < -0.4 is 0 Å². The van der Waals surface area contributed by atoms with E-state index in [2.05, 4.69) is 6.58 Å². The molecule has 3 amide bonds. The first-order chi connectivity index (χ1) is 13.0. The van der Waals surface area contributed by atoms with Crippen LogP contribution in [0.4, 0.5) is 0 Å². The molecule has 27 heavy (non-hydrogen) atoms. The summed E-state index contributed by atoms with van der Waals surface area (Å²) in [6.07, 6.45) is 2.35. The van der Waals surface area contributed by atoms with Crippen LogP contribution >= 0.6 is 22.9 Å². The van der Waals surface area contributed by atoms with E-state index in [9.17, 15) is 14.4 Å². The zero-order valence-corrected chi connectivity index (χ0v) is 16.3. The van der Waals surface area contributed by atoms with E-state index in [1.165, 1.54) is 16.2 Å². The van der Waals surface area contributed by atoms with Crippen LogP contribution in [0.1, 0.15) is 38.4 Å². The highest BCUT2D eigenvalue weighted by atomic mass is 35.5. The fourth-order valence-corrected chi connectivity index (χ4v) is 4.13. The van der Waals surface area contributed by atoms with Crippen LogP contribution in [0.5, 0.6) is 0 Å². The first-order valence-corrected chi connectivity index (χ1v) is 9.79. The average Bonchev–Trinajstić information content (AvgIpc) is 3.18. The van der Waals surface area contributed by atoms with Crippen LogP contribution in [0, 0.1) is 0 Å². The van der Waals surface area contributed by atoms with Crippen molar-refractivity contribution in [2.45, 2.75) is 19.4 Å². The average molecular weight is 403 g/mol. The molecule has 140 valence electrons. The van der Waals surface area contributed by atoms with Gasteiger partial charge in [-0.3, -0.25) is 19.3 Å². The number of imide groups is 1. The van der Waals surface area contributed by atoms with Crippen LogP contribution in [0.2, 0.25) is 4.34 Å². The number of carbonyl (C=O) groups excluding carboxylic acids is 3. The van der Waals surface area contributed by atoms with Crippen molar-refractivity contribution in [3.8, 4) is 0 Å². The number of benzene rings is 1. The number of amides is 3. The van der Waals surface area contributed by atoms with Crippen molar-refractivity contribution in [3.63, 3.8) is 0 Å². The third-order valence-corrected chi connectivity index (χ3v) is 5.54. The van der Waals surface area contributed by atoms with E-state index >= 15 is 0 Å². The Morgan fingerprint density at radius 3 is 2.37 bits per heavy atom. The molecular weight excluding hydrogens is 384 g/mol. The minimum absolute atomic E-state index is 0.0453. The molecule has 0 aliphatic carbocycles. The molecule has 1 aliphatic rings. The summed E-state index contributed by atoms with van der Waals surface area (Å²) in [6.45, 7) is 4.83. The van der Waals surface area contributed by atoms with Crippen LogP contribution in [0.15, 0.2) is 49.1 Å². The molecule has 2 heterocycles. The molecule has 0 saturated carbocycles. The lowest BCUT2D eigenvalue weighted by Gasteiger charge is -2.21. The number of halogens is 1. The van der Waals surface area contributed by atoms with Crippen molar-refractivity contribution >= 4 is 40.7 Å². The van der Waals surface area contributed by atoms with Crippen molar-refractivity contribution in [1.29, 1.82) is 0 Å². The molecule has 0 atom stereocenters. The quantitative estimate of drug-likeness (QED) is 0.495. The molecule has 1 aromatic carbocycles. The molecule has 0 spiro atoms. The van der Waals surface area contributed by atoms with Gasteiger partial charge in [-0.2, -0.15) is 0 Å². The fraction of sp³-hybridized carbons (Fsp3) is 0.250. The van der Waals surface area contributed by atoms with Gasteiger partial charge in [0, 0.05) is 24.4 Å². The van der Waals surface area contributed by atoms with E-state index in [4.69, 9.17) is 11.6 Å². The Kier molecular flexibility index (Phi) is 6.08. The zero-order valence-electron chi connectivity index (χ0n) is 14.7. The second-order valence-electron chi connectivity index (χ2n) is 6.18. The third kappa shape index (κ3) is 4.28. The largest absolute Gasteiger partial charge is 0.334 e. The highest BCUT2D eigenvalue weighted by molar-refractivity contribution is 7.16. The Morgan fingerprint density at radius 1 is 1.15 bits per heavy atom. The van der Waals surface area contributed by atoms with Crippen molar-refractivity contribution in [2.75, 3.05) is 13.1 Å². The van der Waals surface area contributed by atoms with Crippen LogP contribution in [-0.4, -0.2) is 40.6 Å². The molecular formula is C20H19ClN2O3S. The molecule has 7 heteroatoms. The summed E-state index contributed by atoms with van der Waals surface area (Å²) in [5, 5.41) is 0. The SMILES string of the molecule is C=CCN(Cc1ccc(Cl)s1)C(=O)CCCN1C(=O)c2ccccc2C1=O. The van der Waals surface area contributed by atoms with Gasteiger partial charge in [-0.25, -0.2) is 0 Å². The van der Waals surface area contributed by atoms with Gasteiger partial charge in [0.2, 0.25) is 5.91 Å². The van der Waals surface area contributed by atoms with Gasteiger partial charge in [-0.05, 0) is 30.7 Å². The van der Waals surface area contributed by atoms with Crippen LogP contribution in [-0.2, 0) is 11.3 Å². The highest BCUT2D eigenvalue weighted by Crippen LogP contribution is 2.24. The number of nitrogens with zero attached hydrogens (tertiary/aromatic N) is 2. The van der Waals surface area contributed by atoms with E-state index in [-0.39, 0.29) is 30.7 Å². The molecule has 0 saturated heterocycles. The number of carbonyl (C=O) groups is 3. The molecule has 0 unspecified atom stereocenters. The second-order valence-corrected chi connectivity index (χ2v) is 7.98. The minimum Gasteiger partial charge on any atom is -0.334 e. The van der Waals surface area contributed by atoms with Gasteiger partial charge in [0.15, 0.2) is 0 Å². The Balaban J connectivity index is 1.56. The Bertz CT molecular complexity index is 858. The monoisotopic (exact) mass is 402 g/mol. The van der Waals surface area contributed by atoms with E-state index in [1.807, 2.05) is 6.07 Å². The summed E-state index contributed by atoms with van der Waals surface area (Å²) in [6, 6.07) is 10.5. The molecule has 0 fully saturated rings. The Morgan fingerprint density at radius 2 is 1.81 bits per heavy atom. The van der Waals surface area contributed by atoms with Crippen molar-refractivity contribution in [2.24, 2.45) is 0 Å². The van der Waals surface area contributed by atoms with Crippen LogP contribution in [0.3, 0.4) is 0 Å². The third-order valence-electron chi connectivity index (χ3n) is 4.33. The normalized spacial score (nSPS) is 13.0. The van der Waals surface area contributed by atoms with E-state index in [0.29, 0.717) is 35.0 Å². The summed E-state index contributed by atoms with van der Waals surface area (Å²) in [5.41, 5.74) is 0.855. The summed E-state index contributed by atoms with van der Waals surface area (Å²) < 4.78 is 0.682. The van der Waals surface area contributed by atoms with Gasteiger partial charge < -0.3 is 4.90 Å². The smallest absolute Gasteiger partial charge is 0.261 e. The van der Waals surface area contributed by atoms with Gasteiger partial charge in [0.1, 0.15) is 0 Å². The molecule has 0 N–H and O–H groups in total. The van der Waals surface area contributed by atoms with Gasteiger partial charge in [0.05, 0.1) is 22.0 Å². The number of rotatable bonds is 8. The lowest BCUT2D eigenvalue weighted by Crippen LogP contribution is -2.33. The topological polar surface area (TPSA) is 57.7 Å².